The van der Waals surface area contributed by atoms with E-state index in [-0.39, 0.29) is 52.6 Å². The number of allylic oxidation sites excluding steroid dienone is 2. The summed E-state index contributed by atoms with van der Waals surface area (Å²) in [6.45, 7) is 13.1. The number of carbonyl (C=O) groups excluding carboxylic acids is 1. The summed E-state index contributed by atoms with van der Waals surface area (Å²) in [7, 11) is 0. The quantitative estimate of drug-likeness (QED) is 0.0818. The van der Waals surface area contributed by atoms with Gasteiger partial charge in [0.2, 0.25) is 6.29 Å². The summed E-state index contributed by atoms with van der Waals surface area (Å²) in [6.07, 6.45) is -20.8. The summed E-state index contributed by atoms with van der Waals surface area (Å²) < 4.78 is 46.8. The zero-order chi connectivity index (χ0) is 54.7. The number of ether oxygens (including phenoxy) is 8. The first-order chi connectivity index (χ1) is 35.1. The van der Waals surface area contributed by atoms with Gasteiger partial charge < -0.3 is 104 Å². The van der Waals surface area contributed by atoms with E-state index in [1.807, 2.05) is 6.92 Å². The van der Waals surface area contributed by atoms with Crippen molar-refractivity contribution in [1.29, 1.82) is 0 Å². The lowest BCUT2D eigenvalue weighted by molar-refractivity contribution is -0.361. The van der Waals surface area contributed by atoms with E-state index in [2.05, 4.69) is 40.7 Å². The van der Waals surface area contributed by atoms with Crippen molar-refractivity contribution in [3.8, 4) is 0 Å². The van der Waals surface area contributed by atoms with Gasteiger partial charge in [-0.3, -0.25) is 4.79 Å². The zero-order valence-electron chi connectivity index (χ0n) is 44.2. The molecule has 0 aromatic heterocycles. The van der Waals surface area contributed by atoms with E-state index in [4.69, 9.17) is 37.9 Å². The van der Waals surface area contributed by atoms with Crippen molar-refractivity contribution in [3.63, 3.8) is 0 Å². The molecule has 28 unspecified atom stereocenters. The molecule has 8 fully saturated rings. The van der Waals surface area contributed by atoms with Crippen LogP contribution in [0.5, 0.6) is 0 Å². The van der Waals surface area contributed by atoms with Crippen molar-refractivity contribution in [1.82, 2.24) is 0 Å². The van der Waals surface area contributed by atoms with Crippen LogP contribution in [0, 0.1) is 44.8 Å². The van der Waals surface area contributed by atoms with Crippen LogP contribution in [0.2, 0.25) is 0 Å². The van der Waals surface area contributed by atoms with Gasteiger partial charge in [-0.1, -0.05) is 46.3 Å². The third-order valence-corrected chi connectivity index (χ3v) is 20.9. The Balaban J connectivity index is 0.882. The monoisotopic (exact) mass is 1070 g/mol. The highest BCUT2D eigenvalue weighted by molar-refractivity contribution is 5.79. The first-order valence-corrected chi connectivity index (χ1v) is 27.3. The normalized spacial score (nSPS) is 54.8. The van der Waals surface area contributed by atoms with Crippen molar-refractivity contribution in [2.24, 2.45) is 44.8 Å². The van der Waals surface area contributed by atoms with Crippen LogP contribution in [0.25, 0.3) is 0 Å². The number of hydrogen-bond donors (Lipinski definition) is 13. The minimum Gasteiger partial charge on any atom is -0.432 e. The Morgan fingerprint density at radius 2 is 1.27 bits per heavy atom. The van der Waals surface area contributed by atoms with Crippen LogP contribution in [-0.2, 0) is 42.7 Å². The lowest BCUT2D eigenvalue weighted by Crippen LogP contribution is -2.67. The number of carbonyl (C=O) groups is 1. The molecule has 28 atom stereocenters. The summed E-state index contributed by atoms with van der Waals surface area (Å²) >= 11 is 0. The fraction of sp³-hybridized carbons (Fsp3) is 0.943. The second-order valence-corrected chi connectivity index (χ2v) is 25.6. The molecule has 9 rings (SSSR count). The predicted molar refractivity (Wildman–Crippen MR) is 257 cm³/mol. The number of aliphatic hydroxyl groups is 13. The Bertz CT molecular complexity index is 2060. The molecule has 0 radical (unpaired) electrons. The molecule has 0 bridgehead atoms. The molecule has 22 heteroatoms. The van der Waals surface area contributed by atoms with Gasteiger partial charge in [0.25, 0.3) is 0 Å². The molecule has 75 heavy (non-hydrogen) atoms. The molecule has 4 heterocycles. The van der Waals surface area contributed by atoms with Crippen LogP contribution in [0.1, 0.15) is 113 Å². The number of esters is 1. The number of fused-ring (bicyclic) bond motifs is 7. The molecule has 4 saturated carbocycles. The highest BCUT2D eigenvalue weighted by Gasteiger charge is 2.70. The summed E-state index contributed by atoms with van der Waals surface area (Å²) in [5, 5.41) is 140. The predicted octanol–water partition coefficient (Wildman–Crippen LogP) is -1.60. The van der Waals surface area contributed by atoms with Gasteiger partial charge in [0, 0.05) is 0 Å². The van der Waals surface area contributed by atoms with E-state index >= 15 is 4.79 Å². The Hall–Kier alpha value is -1.59. The van der Waals surface area contributed by atoms with Crippen LogP contribution < -0.4 is 0 Å². The highest BCUT2D eigenvalue weighted by atomic mass is 16.8. The molecule has 9 aliphatic rings. The lowest BCUT2D eigenvalue weighted by Gasteiger charge is -2.71. The molecule has 22 nitrogen and oxygen atoms in total. The topological polar surface area (TPSA) is 354 Å². The van der Waals surface area contributed by atoms with Gasteiger partial charge in [0.1, 0.15) is 91.6 Å². The maximum Gasteiger partial charge on any atom is 0.315 e. The molecule has 4 aliphatic heterocycles. The lowest BCUT2D eigenvalue weighted by atomic mass is 9.34. The summed E-state index contributed by atoms with van der Waals surface area (Å²) in [4.78, 5) is 15.1. The van der Waals surface area contributed by atoms with Crippen molar-refractivity contribution in [3.05, 3.63) is 11.6 Å². The molecule has 0 spiro atoms. The van der Waals surface area contributed by atoms with Crippen molar-refractivity contribution in [2.75, 3.05) is 26.4 Å². The van der Waals surface area contributed by atoms with Crippen LogP contribution in [0.15, 0.2) is 11.6 Å². The van der Waals surface area contributed by atoms with E-state index < -0.39 is 153 Å². The first-order valence-electron chi connectivity index (χ1n) is 27.3. The number of aliphatic hydroxyl groups excluding tert-OH is 12. The molecule has 0 aromatic carbocycles. The van der Waals surface area contributed by atoms with Crippen LogP contribution in [0.4, 0.5) is 0 Å². The SMILES string of the molecule is CC1OC(OC2C(CO)OC(OCC3OC(OC(=O)C45CCC(C)(C)CC4C4=CCC6C7(C)CCC(OCC8OCC(O)C(O)C8O)C(C)(O)C7CCC6(C)C4(C)CC5)C(O)C(O)C3O)C(O)C2O)C(O)C(O)C1O. The van der Waals surface area contributed by atoms with Gasteiger partial charge in [-0.05, 0) is 117 Å². The minimum atomic E-state index is -1.87. The first kappa shape index (κ1) is 58.1. The third-order valence-electron chi connectivity index (χ3n) is 20.9. The van der Waals surface area contributed by atoms with Crippen molar-refractivity contribution >= 4 is 5.97 Å². The standard InChI is InChI=1S/C53H86O22/c1-23-33(56)37(60)40(63)45(71-23)74-43-27(19-54)72-44(42(65)39(43)62)70-22-29-36(59)38(61)41(64)46(73-29)75-47(66)53-16-14-48(2,3)18-25(53)24-8-9-30-49(4)12-11-32(69-21-28-35(58)34(57)26(55)20-68-28)52(7,67)31(49)10-13-51(30,6)50(24,5)15-17-53/h8,23,25-46,54-65,67H,9-22H2,1-7H3. The third kappa shape index (κ3) is 9.70. The van der Waals surface area contributed by atoms with Gasteiger partial charge >= 0.3 is 5.97 Å². The number of rotatable bonds is 11. The van der Waals surface area contributed by atoms with Crippen LogP contribution >= 0.6 is 0 Å². The maximum absolute atomic E-state index is 15.1. The smallest absolute Gasteiger partial charge is 0.315 e. The van der Waals surface area contributed by atoms with E-state index in [1.165, 1.54) is 12.5 Å². The largest absolute Gasteiger partial charge is 0.432 e. The average Bonchev–Trinajstić information content (AvgIpc) is 3.35. The highest BCUT2D eigenvalue weighted by Crippen LogP contribution is 2.75. The molecule has 430 valence electrons. The van der Waals surface area contributed by atoms with Gasteiger partial charge in [-0.25, -0.2) is 0 Å². The van der Waals surface area contributed by atoms with Gasteiger partial charge in [-0.15, -0.1) is 0 Å². The van der Waals surface area contributed by atoms with Crippen LogP contribution in [0.3, 0.4) is 0 Å². The summed E-state index contributed by atoms with van der Waals surface area (Å²) in [6, 6.07) is 0. The van der Waals surface area contributed by atoms with E-state index in [0.717, 1.165) is 32.1 Å². The Labute approximate surface area is 437 Å². The van der Waals surface area contributed by atoms with Gasteiger partial charge in [0.15, 0.2) is 12.6 Å². The second kappa shape index (κ2) is 21.1. The van der Waals surface area contributed by atoms with Crippen LogP contribution in [-0.4, -0.2) is 227 Å². The Morgan fingerprint density at radius 3 is 1.97 bits per heavy atom. The molecule has 0 aromatic rings. The molecule has 5 aliphatic carbocycles. The molecule has 4 saturated heterocycles. The van der Waals surface area contributed by atoms with Crippen molar-refractivity contribution < 1.29 is 109 Å². The van der Waals surface area contributed by atoms with Gasteiger partial charge in [-0.2, -0.15) is 0 Å². The Kier molecular flexibility index (Phi) is 16.3. The fourth-order valence-electron chi connectivity index (χ4n) is 15.9. The number of hydrogen-bond acceptors (Lipinski definition) is 22. The van der Waals surface area contributed by atoms with Crippen molar-refractivity contribution in [2.45, 2.75) is 241 Å². The molecule has 0 amide bonds. The Morgan fingerprint density at radius 1 is 0.640 bits per heavy atom. The van der Waals surface area contributed by atoms with E-state index in [0.29, 0.717) is 32.1 Å². The molecular weight excluding hydrogens is 989 g/mol. The van der Waals surface area contributed by atoms with E-state index in [1.54, 1.807) is 0 Å². The average molecular weight is 1080 g/mol. The second-order valence-electron chi connectivity index (χ2n) is 25.6. The maximum atomic E-state index is 15.1. The molecule has 13 N–H and O–H groups in total. The summed E-state index contributed by atoms with van der Waals surface area (Å²) in [5.41, 5.74) is -2.03. The zero-order valence-corrected chi connectivity index (χ0v) is 44.2. The van der Waals surface area contributed by atoms with E-state index in [9.17, 15) is 66.4 Å². The minimum absolute atomic E-state index is 0.0458. The molecular formula is C53H86O22. The fourth-order valence-corrected chi connectivity index (χ4v) is 15.9. The van der Waals surface area contributed by atoms with Gasteiger partial charge in [0.05, 0.1) is 49.7 Å². The summed E-state index contributed by atoms with van der Waals surface area (Å²) in [5.74, 6) is -0.784.